The zero-order valence-corrected chi connectivity index (χ0v) is 17.2. The Morgan fingerprint density at radius 1 is 1.44 bits per heavy atom. The number of nitrogens with two attached hydrogens (primary N) is 1. The third kappa shape index (κ3) is 6.76. The van der Waals surface area contributed by atoms with Crippen molar-refractivity contribution in [1.29, 1.82) is 0 Å². The summed E-state index contributed by atoms with van der Waals surface area (Å²) in [5.74, 6) is 1.43. The number of hydrogen-bond donors (Lipinski definition) is 1. The molecular weight excluding hydrogens is 382 g/mol. The molecule has 2 rings (SSSR count). The summed E-state index contributed by atoms with van der Waals surface area (Å²) in [5, 5.41) is 5.08. The van der Waals surface area contributed by atoms with Gasteiger partial charge in [0.05, 0.1) is 6.20 Å². The Balaban J connectivity index is 1.70. The van der Waals surface area contributed by atoms with E-state index in [9.17, 15) is 13.2 Å². The zero-order chi connectivity index (χ0) is 18.7. The first-order chi connectivity index (χ1) is 11.5. The molecule has 7 nitrogen and oxygen atoms in total. The average Bonchev–Trinajstić information content (AvgIpc) is 2.95. The lowest BCUT2D eigenvalue weighted by Gasteiger charge is -2.33. The zero-order valence-electron chi connectivity index (χ0n) is 14.7. The lowest BCUT2D eigenvalue weighted by Crippen LogP contribution is -2.41. The molecule has 0 saturated carbocycles. The molecule has 1 aliphatic rings. The van der Waals surface area contributed by atoms with Crippen molar-refractivity contribution in [3.05, 3.63) is 6.20 Å². The molecule has 2 heterocycles. The first-order valence-electron chi connectivity index (χ1n) is 8.14. The number of likely N-dealkylation sites (tertiary alicyclic amines) is 1. The Morgan fingerprint density at radius 3 is 2.60 bits per heavy atom. The third-order valence-corrected chi connectivity index (χ3v) is 7.36. The molecule has 10 heteroatoms. The number of amides is 1. The minimum Gasteiger partial charge on any atom is -0.444 e. The lowest BCUT2D eigenvalue weighted by atomic mass is 9.95. The van der Waals surface area contributed by atoms with E-state index >= 15 is 0 Å². The maximum atomic E-state index is 12.0. The van der Waals surface area contributed by atoms with Gasteiger partial charge in [0.2, 0.25) is 10.0 Å². The normalized spacial score (nSPS) is 16.9. The van der Waals surface area contributed by atoms with Gasteiger partial charge in [0.25, 0.3) is 0 Å². The fraction of sp³-hybridized carbons (Fsp3) is 0.733. The molecule has 1 amide bonds. The van der Waals surface area contributed by atoms with Gasteiger partial charge >= 0.3 is 6.09 Å². The summed E-state index contributed by atoms with van der Waals surface area (Å²) in [5.41, 5.74) is -0.464. The van der Waals surface area contributed by atoms with Gasteiger partial charge in [-0.05, 0) is 46.0 Å². The Kier molecular flexibility index (Phi) is 6.74. The largest absolute Gasteiger partial charge is 0.444 e. The van der Waals surface area contributed by atoms with Crippen LogP contribution in [0.1, 0.15) is 40.0 Å². The predicted octanol–water partition coefficient (Wildman–Crippen LogP) is 2.92. The van der Waals surface area contributed by atoms with Crippen LogP contribution in [-0.2, 0) is 14.8 Å². The lowest BCUT2D eigenvalue weighted by molar-refractivity contribution is 0.0183. The quantitative estimate of drug-likeness (QED) is 0.753. The van der Waals surface area contributed by atoms with Crippen molar-refractivity contribution in [1.82, 2.24) is 9.88 Å². The van der Waals surface area contributed by atoms with Gasteiger partial charge in [-0.25, -0.2) is 23.3 Å². The highest BCUT2D eigenvalue weighted by Crippen LogP contribution is 2.30. The van der Waals surface area contributed by atoms with Gasteiger partial charge < -0.3 is 9.64 Å². The standard InChI is InChI=1S/C15H25N3O4S3/c1-15(2,3)22-14(19)18-7-4-11(5-8-18)6-9-23-13-17-10-12(24-13)25(16,20)21/h10-11H,4-9H2,1-3H3,(H2,16,20,21). The van der Waals surface area contributed by atoms with E-state index in [-0.39, 0.29) is 10.3 Å². The van der Waals surface area contributed by atoms with Crippen molar-refractivity contribution in [2.24, 2.45) is 11.1 Å². The number of sulfonamides is 1. The molecule has 2 N–H and O–H groups in total. The van der Waals surface area contributed by atoms with Crippen LogP contribution in [0.3, 0.4) is 0 Å². The van der Waals surface area contributed by atoms with Crippen LogP contribution >= 0.6 is 23.1 Å². The smallest absolute Gasteiger partial charge is 0.410 e. The van der Waals surface area contributed by atoms with Gasteiger partial charge in [0, 0.05) is 18.8 Å². The summed E-state index contributed by atoms with van der Waals surface area (Å²) in [7, 11) is -3.66. The van der Waals surface area contributed by atoms with Crippen molar-refractivity contribution in [3.63, 3.8) is 0 Å². The van der Waals surface area contributed by atoms with E-state index < -0.39 is 15.6 Å². The van der Waals surface area contributed by atoms with E-state index in [1.807, 2.05) is 20.8 Å². The molecule has 0 unspecified atom stereocenters. The maximum absolute atomic E-state index is 12.0. The van der Waals surface area contributed by atoms with Crippen LogP contribution < -0.4 is 5.14 Å². The molecule has 0 radical (unpaired) electrons. The number of piperidine rings is 1. The summed E-state index contributed by atoms with van der Waals surface area (Å²) in [6, 6.07) is 0. The van der Waals surface area contributed by atoms with Crippen molar-refractivity contribution >= 4 is 39.2 Å². The summed E-state index contributed by atoms with van der Waals surface area (Å²) < 4.78 is 28.7. The van der Waals surface area contributed by atoms with Gasteiger partial charge in [-0.1, -0.05) is 23.1 Å². The second-order valence-corrected chi connectivity index (χ2v) is 11.2. The number of ether oxygens (including phenoxy) is 1. The second kappa shape index (κ2) is 8.24. The fourth-order valence-electron chi connectivity index (χ4n) is 2.49. The summed E-state index contributed by atoms with van der Waals surface area (Å²) in [6.07, 6.45) is 4.00. The number of carbonyl (C=O) groups is 1. The van der Waals surface area contributed by atoms with Crippen LogP contribution in [0.5, 0.6) is 0 Å². The molecule has 1 fully saturated rings. The van der Waals surface area contributed by atoms with Crippen molar-refractivity contribution in [3.8, 4) is 0 Å². The first-order valence-corrected chi connectivity index (χ1v) is 11.5. The molecule has 142 valence electrons. The fourth-order valence-corrected chi connectivity index (χ4v) is 5.44. The maximum Gasteiger partial charge on any atom is 0.410 e. The number of nitrogens with zero attached hydrogens (tertiary/aromatic N) is 2. The van der Waals surface area contributed by atoms with Gasteiger partial charge in [-0.15, -0.1) is 0 Å². The Bertz CT molecular complexity index is 689. The summed E-state index contributed by atoms with van der Waals surface area (Å²) in [4.78, 5) is 17.9. The minimum absolute atomic E-state index is 0.0978. The van der Waals surface area contributed by atoms with E-state index in [0.29, 0.717) is 5.92 Å². The van der Waals surface area contributed by atoms with E-state index in [0.717, 1.165) is 53.8 Å². The highest BCUT2D eigenvalue weighted by Gasteiger charge is 2.26. The van der Waals surface area contributed by atoms with Crippen LogP contribution in [0.25, 0.3) is 0 Å². The Morgan fingerprint density at radius 2 is 2.08 bits per heavy atom. The van der Waals surface area contributed by atoms with E-state index in [2.05, 4.69) is 4.98 Å². The van der Waals surface area contributed by atoms with Crippen molar-refractivity contribution in [2.75, 3.05) is 18.8 Å². The molecule has 25 heavy (non-hydrogen) atoms. The molecule has 0 aliphatic carbocycles. The summed E-state index contributed by atoms with van der Waals surface area (Å²) >= 11 is 2.65. The molecule has 0 spiro atoms. The van der Waals surface area contributed by atoms with E-state index in [4.69, 9.17) is 9.88 Å². The predicted molar refractivity (Wildman–Crippen MR) is 99.4 cm³/mol. The van der Waals surface area contributed by atoms with Crippen LogP contribution in [0.15, 0.2) is 14.7 Å². The third-order valence-electron chi connectivity index (χ3n) is 3.76. The topological polar surface area (TPSA) is 103 Å². The summed E-state index contributed by atoms with van der Waals surface area (Å²) in [6.45, 7) is 7.05. The monoisotopic (exact) mass is 407 g/mol. The molecule has 1 saturated heterocycles. The van der Waals surface area contributed by atoms with Crippen LogP contribution in [-0.4, -0.2) is 48.8 Å². The van der Waals surface area contributed by atoms with Crippen molar-refractivity contribution in [2.45, 2.75) is 54.2 Å². The Labute approximate surface area is 157 Å². The Hall–Kier alpha value is -0.840. The molecule has 0 aromatic carbocycles. The van der Waals surface area contributed by atoms with Crippen LogP contribution in [0.2, 0.25) is 0 Å². The first kappa shape index (κ1) is 20.5. The second-order valence-electron chi connectivity index (χ2n) is 7.04. The van der Waals surface area contributed by atoms with Gasteiger partial charge in [0.15, 0.2) is 8.55 Å². The van der Waals surface area contributed by atoms with E-state index in [1.54, 1.807) is 16.7 Å². The molecule has 1 aliphatic heterocycles. The van der Waals surface area contributed by atoms with Crippen LogP contribution in [0.4, 0.5) is 4.79 Å². The number of thiazole rings is 1. The number of aromatic nitrogens is 1. The molecule has 1 aromatic heterocycles. The minimum atomic E-state index is -3.66. The van der Waals surface area contributed by atoms with Gasteiger partial charge in [0.1, 0.15) is 5.60 Å². The number of primary sulfonamides is 1. The number of hydrogen-bond acceptors (Lipinski definition) is 7. The molecule has 1 aromatic rings. The number of rotatable bonds is 5. The van der Waals surface area contributed by atoms with Gasteiger partial charge in [-0.3, -0.25) is 0 Å². The highest BCUT2D eigenvalue weighted by molar-refractivity contribution is 8.01. The molecule has 0 atom stereocenters. The molecular formula is C15H25N3O4S3. The SMILES string of the molecule is CC(C)(C)OC(=O)N1CCC(CCSc2ncc(S(N)(=O)=O)s2)CC1. The molecule has 0 bridgehead atoms. The average molecular weight is 408 g/mol. The van der Waals surface area contributed by atoms with E-state index in [1.165, 1.54) is 6.20 Å². The highest BCUT2D eigenvalue weighted by atomic mass is 32.3. The number of carbonyl (C=O) groups excluding carboxylic acids is 1. The van der Waals surface area contributed by atoms with Crippen molar-refractivity contribution < 1.29 is 17.9 Å². The van der Waals surface area contributed by atoms with Gasteiger partial charge in [-0.2, -0.15) is 0 Å². The number of thioether (sulfide) groups is 1. The van der Waals surface area contributed by atoms with Crippen LogP contribution in [0, 0.1) is 5.92 Å².